The summed E-state index contributed by atoms with van der Waals surface area (Å²) in [6.07, 6.45) is 9.73. The average Bonchev–Trinajstić information content (AvgIpc) is 2.50. The predicted molar refractivity (Wildman–Crippen MR) is 90.0 cm³/mol. The number of anilines is 2. The van der Waals surface area contributed by atoms with E-state index in [9.17, 15) is 0 Å². The monoisotopic (exact) mass is 290 g/mol. The molecule has 118 valence electrons. The van der Waals surface area contributed by atoms with E-state index < -0.39 is 0 Å². The Morgan fingerprint density at radius 1 is 1.00 bits per heavy atom. The van der Waals surface area contributed by atoms with Crippen LogP contribution in [-0.2, 0) is 6.42 Å². The van der Waals surface area contributed by atoms with E-state index in [1.54, 1.807) is 0 Å². The zero-order valence-corrected chi connectivity index (χ0v) is 13.8. The molecular formula is C17H30N4. The van der Waals surface area contributed by atoms with Crippen molar-refractivity contribution in [3.8, 4) is 0 Å². The molecule has 4 heteroatoms. The van der Waals surface area contributed by atoms with Crippen LogP contribution in [0.1, 0.15) is 70.2 Å². The van der Waals surface area contributed by atoms with Crippen LogP contribution in [0.2, 0.25) is 0 Å². The molecule has 1 aliphatic carbocycles. The zero-order valence-electron chi connectivity index (χ0n) is 13.8. The summed E-state index contributed by atoms with van der Waals surface area (Å²) in [4.78, 5) is 9.45. The van der Waals surface area contributed by atoms with Gasteiger partial charge < -0.3 is 10.6 Å². The van der Waals surface area contributed by atoms with Gasteiger partial charge in [0.1, 0.15) is 17.5 Å². The lowest BCUT2D eigenvalue weighted by Gasteiger charge is -2.25. The van der Waals surface area contributed by atoms with Gasteiger partial charge in [0.05, 0.1) is 0 Å². The molecule has 0 spiro atoms. The van der Waals surface area contributed by atoms with Crippen LogP contribution in [0.15, 0.2) is 0 Å². The van der Waals surface area contributed by atoms with Crippen molar-refractivity contribution in [2.24, 2.45) is 0 Å². The number of aryl methyl sites for hydroxylation is 1. The number of hydrogen-bond donors (Lipinski definition) is 2. The van der Waals surface area contributed by atoms with Crippen LogP contribution >= 0.6 is 0 Å². The van der Waals surface area contributed by atoms with E-state index in [0.717, 1.165) is 48.8 Å². The molecule has 2 rings (SSSR count). The van der Waals surface area contributed by atoms with Gasteiger partial charge in [-0.1, -0.05) is 33.1 Å². The second kappa shape index (κ2) is 8.20. The fourth-order valence-electron chi connectivity index (χ4n) is 2.89. The molecule has 1 saturated carbocycles. The van der Waals surface area contributed by atoms with Gasteiger partial charge in [0.2, 0.25) is 0 Å². The van der Waals surface area contributed by atoms with Gasteiger partial charge in [-0.2, -0.15) is 0 Å². The molecule has 0 amide bonds. The van der Waals surface area contributed by atoms with Gasteiger partial charge in [-0.3, -0.25) is 0 Å². The highest BCUT2D eigenvalue weighted by Gasteiger charge is 2.17. The van der Waals surface area contributed by atoms with Gasteiger partial charge in [-0.05, 0) is 32.6 Å². The molecule has 1 aromatic heterocycles. The molecule has 0 aliphatic heterocycles. The number of aromatic nitrogens is 2. The van der Waals surface area contributed by atoms with Gasteiger partial charge in [0.25, 0.3) is 0 Å². The first-order valence-corrected chi connectivity index (χ1v) is 8.62. The van der Waals surface area contributed by atoms with Crippen LogP contribution in [0, 0.1) is 6.92 Å². The minimum absolute atomic E-state index is 0.584. The molecule has 0 bridgehead atoms. The van der Waals surface area contributed by atoms with Crippen molar-refractivity contribution in [3.05, 3.63) is 11.4 Å². The molecular weight excluding hydrogens is 260 g/mol. The molecule has 21 heavy (non-hydrogen) atoms. The van der Waals surface area contributed by atoms with Crippen molar-refractivity contribution in [2.75, 3.05) is 17.2 Å². The van der Waals surface area contributed by atoms with Crippen LogP contribution in [0.3, 0.4) is 0 Å². The Bertz CT molecular complexity index is 439. The maximum Gasteiger partial charge on any atom is 0.134 e. The Morgan fingerprint density at radius 3 is 2.38 bits per heavy atom. The van der Waals surface area contributed by atoms with E-state index in [0.29, 0.717) is 6.04 Å². The van der Waals surface area contributed by atoms with Gasteiger partial charge in [0.15, 0.2) is 0 Å². The molecule has 4 nitrogen and oxygen atoms in total. The van der Waals surface area contributed by atoms with E-state index in [1.807, 2.05) is 0 Å². The summed E-state index contributed by atoms with van der Waals surface area (Å²) >= 11 is 0. The lowest BCUT2D eigenvalue weighted by atomic mass is 9.95. The highest BCUT2D eigenvalue weighted by atomic mass is 15.1. The first-order valence-electron chi connectivity index (χ1n) is 8.62. The summed E-state index contributed by atoms with van der Waals surface area (Å²) in [6.45, 7) is 7.44. The number of hydrogen-bond acceptors (Lipinski definition) is 4. The molecule has 0 atom stereocenters. The van der Waals surface area contributed by atoms with Crippen molar-refractivity contribution in [1.29, 1.82) is 0 Å². The smallest absolute Gasteiger partial charge is 0.134 e. The molecule has 2 N–H and O–H groups in total. The maximum atomic E-state index is 4.76. The van der Waals surface area contributed by atoms with Crippen LogP contribution in [0.4, 0.5) is 11.6 Å². The van der Waals surface area contributed by atoms with E-state index in [-0.39, 0.29) is 0 Å². The summed E-state index contributed by atoms with van der Waals surface area (Å²) in [5.41, 5.74) is 1.16. The molecule has 1 aromatic rings. The summed E-state index contributed by atoms with van der Waals surface area (Å²) in [6, 6.07) is 0.584. The lowest BCUT2D eigenvalue weighted by Crippen LogP contribution is -2.24. The maximum absolute atomic E-state index is 4.76. The largest absolute Gasteiger partial charge is 0.370 e. The van der Waals surface area contributed by atoms with E-state index >= 15 is 0 Å². The summed E-state index contributed by atoms with van der Waals surface area (Å²) < 4.78 is 0. The van der Waals surface area contributed by atoms with Gasteiger partial charge in [0, 0.05) is 24.6 Å². The third-order valence-electron chi connectivity index (χ3n) is 4.15. The minimum atomic E-state index is 0.584. The topological polar surface area (TPSA) is 49.8 Å². The second-order valence-corrected chi connectivity index (χ2v) is 6.12. The number of nitrogens with one attached hydrogen (secondary N) is 2. The molecule has 1 aliphatic rings. The van der Waals surface area contributed by atoms with Crippen molar-refractivity contribution in [1.82, 2.24) is 9.97 Å². The second-order valence-electron chi connectivity index (χ2n) is 6.12. The van der Waals surface area contributed by atoms with Crippen LogP contribution in [-0.4, -0.2) is 22.6 Å². The van der Waals surface area contributed by atoms with Crippen LogP contribution < -0.4 is 10.6 Å². The third kappa shape index (κ3) is 4.58. The predicted octanol–water partition coefficient (Wildman–Crippen LogP) is 4.30. The normalized spacial score (nSPS) is 16.0. The lowest BCUT2D eigenvalue weighted by molar-refractivity contribution is 0.461. The van der Waals surface area contributed by atoms with Gasteiger partial charge in [-0.25, -0.2) is 9.97 Å². The van der Waals surface area contributed by atoms with Crippen molar-refractivity contribution < 1.29 is 0 Å². The average molecular weight is 290 g/mol. The van der Waals surface area contributed by atoms with Crippen LogP contribution in [0.25, 0.3) is 0 Å². The Labute approximate surface area is 129 Å². The highest BCUT2D eigenvalue weighted by molar-refractivity contribution is 5.57. The highest BCUT2D eigenvalue weighted by Crippen LogP contribution is 2.25. The Balaban J connectivity index is 2.17. The first kappa shape index (κ1) is 16.1. The Kier molecular flexibility index (Phi) is 6.27. The molecule has 0 saturated heterocycles. The zero-order chi connectivity index (χ0) is 15.1. The standard InChI is InChI=1S/C17H30N4/c1-4-9-15-20-16(18-12-5-2)13(3)17(21-15)19-14-10-7-6-8-11-14/h14H,4-12H2,1-3H3,(H2,18,19,20,21). The fourth-order valence-corrected chi connectivity index (χ4v) is 2.89. The molecule has 0 aromatic carbocycles. The van der Waals surface area contributed by atoms with Crippen molar-refractivity contribution >= 4 is 11.6 Å². The molecule has 0 radical (unpaired) electrons. The van der Waals surface area contributed by atoms with E-state index in [1.165, 1.54) is 32.1 Å². The summed E-state index contributed by atoms with van der Waals surface area (Å²) in [5, 5.41) is 7.12. The van der Waals surface area contributed by atoms with Gasteiger partial charge >= 0.3 is 0 Å². The van der Waals surface area contributed by atoms with E-state index in [2.05, 4.69) is 31.4 Å². The fraction of sp³-hybridized carbons (Fsp3) is 0.765. The minimum Gasteiger partial charge on any atom is -0.370 e. The number of nitrogens with zero attached hydrogens (tertiary/aromatic N) is 2. The molecule has 0 unspecified atom stereocenters. The summed E-state index contributed by atoms with van der Waals surface area (Å²) in [5.74, 6) is 3.01. The first-order chi connectivity index (χ1) is 10.2. The molecule has 1 fully saturated rings. The Morgan fingerprint density at radius 2 is 1.71 bits per heavy atom. The molecule has 1 heterocycles. The van der Waals surface area contributed by atoms with Crippen molar-refractivity contribution in [2.45, 2.75) is 78.2 Å². The van der Waals surface area contributed by atoms with Crippen molar-refractivity contribution in [3.63, 3.8) is 0 Å². The quantitative estimate of drug-likeness (QED) is 0.786. The summed E-state index contributed by atoms with van der Waals surface area (Å²) in [7, 11) is 0. The van der Waals surface area contributed by atoms with Gasteiger partial charge in [-0.15, -0.1) is 0 Å². The number of rotatable bonds is 7. The van der Waals surface area contributed by atoms with E-state index in [4.69, 9.17) is 9.97 Å². The Hall–Kier alpha value is -1.32. The SMILES string of the molecule is CCCNc1nc(CCC)nc(NC2CCCCC2)c1C. The van der Waals surface area contributed by atoms with Crippen LogP contribution in [0.5, 0.6) is 0 Å². The third-order valence-corrected chi connectivity index (χ3v) is 4.15.